The summed E-state index contributed by atoms with van der Waals surface area (Å²) >= 11 is 0. The SMILES string of the molecule is CC(C)c1ccc(OCCCCC(F)(F)F)cc1F. The van der Waals surface area contributed by atoms with Gasteiger partial charge < -0.3 is 4.74 Å². The van der Waals surface area contributed by atoms with Gasteiger partial charge in [0.1, 0.15) is 11.6 Å². The zero-order chi connectivity index (χ0) is 14.5. The summed E-state index contributed by atoms with van der Waals surface area (Å²) in [5, 5.41) is 0. The quantitative estimate of drug-likeness (QED) is 0.522. The summed E-state index contributed by atoms with van der Waals surface area (Å²) < 4.78 is 54.5. The summed E-state index contributed by atoms with van der Waals surface area (Å²) in [7, 11) is 0. The summed E-state index contributed by atoms with van der Waals surface area (Å²) in [6.45, 7) is 3.93. The summed E-state index contributed by atoms with van der Waals surface area (Å²) in [4.78, 5) is 0. The van der Waals surface area contributed by atoms with Gasteiger partial charge in [0.2, 0.25) is 0 Å². The van der Waals surface area contributed by atoms with Crippen LogP contribution in [0.5, 0.6) is 5.75 Å². The lowest BCUT2D eigenvalue weighted by Crippen LogP contribution is -2.08. The molecule has 19 heavy (non-hydrogen) atoms. The number of halogens is 4. The minimum atomic E-state index is -4.12. The van der Waals surface area contributed by atoms with Crippen LogP contribution in [0.15, 0.2) is 18.2 Å². The van der Waals surface area contributed by atoms with E-state index in [-0.39, 0.29) is 24.8 Å². The fourth-order valence-corrected chi connectivity index (χ4v) is 1.68. The maximum Gasteiger partial charge on any atom is 0.389 e. The minimum Gasteiger partial charge on any atom is -0.493 e. The normalized spacial score (nSPS) is 11.9. The Bertz CT molecular complexity index is 399. The maximum atomic E-state index is 13.6. The molecule has 0 bridgehead atoms. The van der Waals surface area contributed by atoms with E-state index in [0.717, 1.165) is 0 Å². The molecule has 1 aromatic carbocycles. The molecule has 5 heteroatoms. The molecule has 0 saturated carbocycles. The molecule has 0 aliphatic rings. The van der Waals surface area contributed by atoms with Gasteiger partial charge in [0, 0.05) is 12.5 Å². The van der Waals surface area contributed by atoms with Crippen LogP contribution >= 0.6 is 0 Å². The van der Waals surface area contributed by atoms with E-state index in [0.29, 0.717) is 17.7 Å². The second-order valence-corrected chi connectivity index (χ2v) is 4.76. The van der Waals surface area contributed by atoms with Gasteiger partial charge in [-0.3, -0.25) is 0 Å². The van der Waals surface area contributed by atoms with Crippen LogP contribution in [0, 0.1) is 5.82 Å². The molecule has 1 aromatic rings. The summed E-state index contributed by atoms with van der Waals surface area (Å²) in [6.07, 6.45) is -4.61. The van der Waals surface area contributed by atoms with Crippen molar-refractivity contribution in [1.82, 2.24) is 0 Å². The van der Waals surface area contributed by atoms with Crippen LogP contribution in [-0.4, -0.2) is 12.8 Å². The molecule has 1 rings (SSSR count). The van der Waals surface area contributed by atoms with E-state index in [2.05, 4.69) is 0 Å². The molecule has 1 nitrogen and oxygen atoms in total. The van der Waals surface area contributed by atoms with E-state index in [1.807, 2.05) is 13.8 Å². The lowest BCUT2D eigenvalue weighted by Gasteiger charge is -2.10. The molecule has 0 aliphatic carbocycles. The number of ether oxygens (including phenoxy) is 1. The van der Waals surface area contributed by atoms with Crippen molar-refractivity contribution >= 4 is 0 Å². The number of alkyl halides is 3. The Morgan fingerprint density at radius 1 is 1.16 bits per heavy atom. The molecule has 0 N–H and O–H groups in total. The van der Waals surface area contributed by atoms with Crippen molar-refractivity contribution in [3.63, 3.8) is 0 Å². The zero-order valence-electron chi connectivity index (χ0n) is 11.1. The average molecular weight is 278 g/mol. The first-order valence-corrected chi connectivity index (χ1v) is 6.28. The topological polar surface area (TPSA) is 9.23 Å². The Morgan fingerprint density at radius 2 is 1.84 bits per heavy atom. The fraction of sp³-hybridized carbons (Fsp3) is 0.571. The van der Waals surface area contributed by atoms with E-state index < -0.39 is 12.6 Å². The first kappa shape index (κ1) is 15.8. The average Bonchev–Trinajstić information content (AvgIpc) is 2.26. The first-order valence-electron chi connectivity index (χ1n) is 6.28. The van der Waals surface area contributed by atoms with Crippen LogP contribution in [0.3, 0.4) is 0 Å². The highest BCUT2D eigenvalue weighted by Gasteiger charge is 2.25. The van der Waals surface area contributed by atoms with Gasteiger partial charge in [-0.1, -0.05) is 19.9 Å². The van der Waals surface area contributed by atoms with Crippen molar-refractivity contribution in [3.8, 4) is 5.75 Å². The van der Waals surface area contributed by atoms with Gasteiger partial charge in [-0.05, 0) is 30.4 Å². The highest BCUT2D eigenvalue weighted by atomic mass is 19.4. The van der Waals surface area contributed by atoms with Crippen LogP contribution in [0.25, 0.3) is 0 Å². The molecule has 0 spiro atoms. The van der Waals surface area contributed by atoms with Gasteiger partial charge >= 0.3 is 6.18 Å². The van der Waals surface area contributed by atoms with Crippen molar-refractivity contribution in [2.75, 3.05) is 6.61 Å². The van der Waals surface area contributed by atoms with Gasteiger partial charge in [0.25, 0.3) is 0 Å². The summed E-state index contributed by atoms with van der Waals surface area (Å²) in [6, 6.07) is 4.56. The lowest BCUT2D eigenvalue weighted by atomic mass is 10.0. The molecule has 0 aromatic heterocycles. The molecule has 0 saturated heterocycles. The number of benzene rings is 1. The Labute approximate surface area is 110 Å². The van der Waals surface area contributed by atoms with Gasteiger partial charge in [-0.2, -0.15) is 13.2 Å². The predicted molar refractivity (Wildman–Crippen MR) is 65.9 cm³/mol. The van der Waals surface area contributed by atoms with Gasteiger partial charge in [0.15, 0.2) is 0 Å². The van der Waals surface area contributed by atoms with Crippen LogP contribution in [-0.2, 0) is 0 Å². The van der Waals surface area contributed by atoms with Crippen molar-refractivity contribution < 1.29 is 22.3 Å². The van der Waals surface area contributed by atoms with Crippen molar-refractivity contribution in [3.05, 3.63) is 29.6 Å². The predicted octanol–water partition coefficient (Wildman–Crippen LogP) is 5.06. The van der Waals surface area contributed by atoms with E-state index in [1.165, 1.54) is 6.07 Å². The second kappa shape index (κ2) is 6.78. The molecule has 108 valence electrons. The molecule has 0 fully saturated rings. The molecule has 0 amide bonds. The van der Waals surface area contributed by atoms with E-state index in [1.54, 1.807) is 12.1 Å². The highest BCUT2D eigenvalue weighted by Crippen LogP contribution is 2.24. The third-order valence-corrected chi connectivity index (χ3v) is 2.72. The monoisotopic (exact) mass is 278 g/mol. The van der Waals surface area contributed by atoms with E-state index in [4.69, 9.17) is 4.74 Å². The molecule has 0 aliphatic heterocycles. The summed E-state index contributed by atoms with van der Waals surface area (Å²) in [5.74, 6) is 0.0949. The number of hydrogen-bond donors (Lipinski definition) is 0. The van der Waals surface area contributed by atoms with E-state index >= 15 is 0 Å². The first-order chi connectivity index (χ1) is 8.79. The third-order valence-electron chi connectivity index (χ3n) is 2.72. The fourth-order valence-electron chi connectivity index (χ4n) is 1.68. The molecule has 0 heterocycles. The Hall–Kier alpha value is -1.26. The highest BCUT2D eigenvalue weighted by molar-refractivity contribution is 5.30. The number of unbranched alkanes of at least 4 members (excludes halogenated alkanes) is 1. The molecule has 0 atom stereocenters. The van der Waals surface area contributed by atoms with Crippen LogP contribution < -0.4 is 4.74 Å². The summed E-state index contributed by atoms with van der Waals surface area (Å²) in [5.41, 5.74) is 0.601. The van der Waals surface area contributed by atoms with Crippen LogP contribution in [0.4, 0.5) is 17.6 Å². The van der Waals surface area contributed by atoms with Crippen molar-refractivity contribution in [2.45, 2.75) is 45.2 Å². The van der Waals surface area contributed by atoms with Crippen molar-refractivity contribution in [1.29, 1.82) is 0 Å². The van der Waals surface area contributed by atoms with Crippen LogP contribution in [0.2, 0.25) is 0 Å². The lowest BCUT2D eigenvalue weighted by molar-refractivity contribution is -0.135. The Balaban J connectivity index is 2.36. The van der Waals surface area contributed by atoms with Gasteiger partial charge in [-0.15, -0.1) is 0 Å². The standard InChI is InChI=1S/C14H18F4O/c1-10(2)12-6-5-11(9-13(12)15)19-8-4-3-7-14(16,17)18/h5-6,9-10H,3-4,7-8H2,1-2H3. The van der Waals surface area contributed by atoms with Gasteiger partial charge in [0.05, 0.1) is 6.61 Å². The zero-order valence-corrected chi connectivity index (χ0v) is 11.1. The minimum absolute atomic E-state index is 0.0239. The largest absolute Gasteiger partial charge is 0.493 e. The molecule has 0 unspecified atom stereocenters. The molecule has 0 radical (unpaired) electrons. The third kappa shape index (κ3) is 5.94. The van der Waals surface area contributed by atoms with E-state index in [9.17, 15) is 17.6 Å². The van der Waals surface area contributed by atoms with Crippen LogP contribution in [0.1, 0.15) is 44.6 Å². The Morgan fingerprint density at radius 3 is 2.37 bits per heavy atom. The molecular formula is C14H18F4O. The smallest absolute Gasteiger partial charge is 0.389 e. The number of hydrogen-bond acceptors (Lipinski definition) is 1. The number of rotatable bonds is 6. The van der Waals surface area contributed by atoms with Crippen molar-refractivity contribution in [2.24, 2.45) is 0 Å². The van der Waals surface area contributed by atoms with Gasteiger partial charge in [-0.25, -0.2) is 4.39 Å². The Kier molecular flexibility index (Phi) is 5.63. The molecular weight excluding hydrogens is 260 g/mol. The maximum absolute atomic E-state index is 13.6. The second-order valence-electron chi connectivity index (χ2n) is 4.76.